The van der Waals surface area contributed by atoms with Gasteiger partial charge in [0.1, 0.15) is 0 Å². The second-order valence-corrected chi connectivity index (χ2v) is 5.10. The summed E-state index contributed by atoms with van der Waals surface area (Å²) < 4.78 is 0. The number of aliphatic hydroxyl groups excluding tert-OH is 1. The van der Waals surface area contributed by atoms with Crippen molar-refractivity contribution in [3.05, 3.63) is 11.6 Å². The number of nitrogens with zero attached hydrogens (tertiary/aromatic N) is 1. The first-order valence-corrected chi connectivity index (χ1v) is 5.87. The van der Waals surface area contributed by atoms with E-state index in [-0.39, 0.29) is 0 Å². The van der Waals surface area contributed by atoms with Crippen molar-refractivity contribution in [3.63, 3.8) is 0 Å². The summed E-state index contributed by atoms with van der Waals surface area (Å²) in [5, 5.41) is 20.1. The molecule has 0 spiro atoms. The van der Waals surface area contributed by atoms with Crippen LogP contribution in [-0.2, 0) is 0 Å². The van der Waals surface area contributed by atoms with Gasteiger partial charge in [-0.25, -0.2) is 5.01 Å². The molecule has 0 aliphatic rings. The Balaban J connectivity index is 4.22. The Labute approximate surface area is 98.7 Å². The first-order chi connectivity index (χ1) is 7.32. The molecule has 0 aliphatic heterocycles. The minimum Gasteiger partial charge on any atom is -0.365 e. The van der Waals surface area contributed by atoms with Gasteiger partial charge in [0.15, 0.2) is 6.29 Å². The van der Waals surface area contributed by atoms with Gasteiger partial charge >= 0.3 is 0 Å². The summed E-state index contributed by atoms with van der Waals surface area (Å²) in [5.41, 5.74) is 0.647. The molecule has 96 valence electrons. The van der Waals surface area contributed by atoms with Crippen LogP contribution in [-0.4, -0.2) is 34.6 Å². The van der Waals surface area contributed by atoms with Gasteiger partial charge in [0, 0.05) is 13.1 Å². The fourth-order valence-electron chi connectivity index (χ4n) is 1.54. The zero-order valence-electron chi connectivity index (χ0n) is 10.8. The first-order valence-electron chi connectivity index (χ1n) is 5.87. The highest BCUT2D eigenvalue weighted by Gasteiger charge is 2.09. The van der Waals surface area contributed by atoms with Crippen molar-refractivity contribution in [3.8, 4) is 0 Å². The Kier molecular flexibility index (Phi) is 7.58. The van der Waals surface area contributed by atoms with Crippen molar-refractivity contribution in [2.45, 2.75) is 40.4 Å². The van der Waals surface area contributed by atoms with E-state index in [0.717, 1.165) is 6.54 Å². The predicted molar refractivity (Wildman–Crippen MR) is 66.4 cm³/mol. The van der Waals surface area contributed by atoms with E-state index in [1.807, 2.05) is 19.9 Å². The summed E-state index contributed by atoms with van der Waals surface area (Å²) in [6.07, 6.45) is 1.13. The number of rotatable bonds is 7. The van der Waals surface area contributed by atoms with E-state index in [1.165, 1.54) is 0 Å². The van der Waals surface area contributed by atoms with Crippen LogP contribution in [0.4, 0.5) is 0 Å². The van der Waals surface area contributed by atoms with E-state index in [2.05, 4.69) is 13.8 Å². The normalized spacial score (nSPS) is 13.6. The smallest absolute Gasteiger partial charge is 0.174 e. The standard InChI is InChI=1S/C12H26N2O2/c1-9(2)7-11(12(15)16)5-6-14(13)8-10(3)4/h5,9-10,12,15-16H,6-8,13H2,1-4H3. The lowest BCUT2D eigenvalue weighted by molar-refractivity contribution is -0.0118. The fraction of sp³-hybridized carbons (Fsp3) is 0.833. The van der Waals surface area contributed by atoms with Crippen LogP contribution in [0.1, 0.15) is 34.1 Å². The minimum atomic E-state index is -1.37. The minimum absolute atomic E-state index is 0.407. The van der Waals surface area contributed by atoms with Gasteiger partial charge in [-0.05, 0) is 23.8 Å². The maximum absolute atomic E-state index is 9.18. The topological polar surface area (TPSA) is 69.7 Å². The van der Waals surface area contributed by atoms with Gasteiger partial charge in [-0.2, -0.15) is 0 Å². The highest BCUT2D eigenvalue weighted by Crippen LogP contribution is 2.13. The molecule has 0 unspecified atom stereocenters. The highest BCUT2D eigenvalue weighted by molar-refractivity contribution is 5.06. The van der Waals surface area contributed by atoms with Crippen LogP contribution in [0.5, 0.6) is 0 Å². The number of hydrazine groups is 1. The van der Waals surface area contributed by atoms with E-state index in [4.69, 9.17) is 5.84 Å². The van der Waals surface area contributed by atoms with Crippen LogP contribution in [0.3, 0.4) is 0 Å². The molecule has 16 heavy (non-hydrogen) atoms. The Morgan fingerprint density at radius 2 is 1.75 bits per heavy atom. The molecule has 0 rings (SSSR count). The number of nitrogens with two attached hydrogens (primary N) is 1. The SMILES string of the molecule is CC(C)CC(=CCN(N)CC(C)C)C(O)O. The zero-order valence-corrected chi connectivity index (χ0v) is 10.8. The molecule has 0 saturated heterocycles. The van der Waals surface area contributed by atoms with Crippen LogP contribution in [0, 0.1) is 11.8 Å². The summed E-state index contributed by atoms with van der Waals surface area (Å²) in [6, 6.07) is 0. The molecule has 4 heteroatoms. The molecule has 0 saturated carbocycles. The highest BCUT2D eigenvalue weighted by atomic mass is 16.5. The maximum Gasteiger partial charge on any atom is 0.174 e. The molecule has 0 amide bonds. The van der Waals surface area contributed by atoms with E-state index >= 15 is 0 Å². The van der Waals surface area contributed by atoms with Crippen molar-refractivity contribution in [2.75, 3.05) is 13.1 Å². The zero-order chi connectivity index (χ0) is 12.7. The molecule has 0 fully saturated rings. The third-order valence-electron chi connectivity index (χ3n) is 2.16. The first kappa shape index (κ1) is 15.6. The molecule has 0 aromatic rings. The van der Waals surface area contributed by atoms with Crippen molar-refractivity contribution in [1.82, 2.24) is 5.01 Å². The number of aliphatic hydroxyl groups is 2. The van der Waals surface area contributed by atoms with Gasteiger partial charge < -0.3 is 10.2 Å². The third-order valence-corrected chi connectivity index (χ3v) is 2.16. The van der Waals surface area contributed by atoms with Crippen LogP contribution >= 0.6 is 0 Å². The molecule has 0 aromatic heterocycles. The fourth-order valence-corrected chi connectivity index (χ4v) is 1.54. The van der Waals surface area contributed by atoms with E-state index in [9.17, 15) is 10.2 Å². The van der Waals surface area contributed by atoms with E-state index < -0.39 is 6.29 Å². The predicted octanol–water partition coefficient (Wildman–Crippen LogP) is 1.10. The molecule has 4 N–H and O–H groups in total. The van der Waals surface area contributed by atoms with Crippen molar-refractivity contribution in [1.29, 1.82) is 0 Å². The second-order valence-electron chi connectivity index (χ2n) is 5.10. The van der Waals surface area contributed by atoms with Crippen molar-refractivity contribution >= 4 is 0 Å². The summed E-state index contributed by atoms with van der Waals surface area (Å²) in [5.74, 6) is 6.69. The Morgan fingerprint density at radius 1 is 1.19 bits per heavy atom. The summed E-state index contributed by atoms with van der Waals surface area (Å²) in [6.45, 7) is 9.64. The largest absolute Gasteiger partial charge is 0.365 e. The lowest BCUT2D eigenvalue weighted by Gasteiger charge is -2.18. The molecule has 0 bridgehead atoms. The molecule has 0 atom stereocenters. The molecule has 0 radical (unpaired) electrons. The molecule has 4 nitrogen and oxygen atoms in total. The second kappa shape index (κ2) is 7.79. The summed E-state index contributed by atoms with van der Waals surface area (Å²) >= 11 is 0. The van der Waals surface area contributed by atoms with Crippen LogP contribution in [0.2, 0.25) is 0 Å². The van der Waals surface area contributed by atoms with Gasteiger partial charge in [-0.3, -0.25) is 5.84 Å². The molecule has 0 aliphatic carbocycles. The molecular formula is C12H26N2O2. The Morgan fingerprint density at radius 3 is 2.12 bits per heavy atom. The van der Waals surface area contributed by atoms with Crippen molar-refractivity contribution in [2.24, 2.45) is 17.7 Å². The van der Waals surface area contributed by atoms with Gasteiger partial charge in [0.05, 0.1) is 0 Å². The number of hydrogen-bond acceptors (Lipinski definition) is 4. The quantitative estimate of drug-likeness (QED) is 0.265. The summed E-state index contributed by atoms with van der Waals surface area (Å²) in [7, 11) is 0. The molecule has 0 aromatic carbocycles. The van der Waals surface area contributed by atoms with Crippen LogP contribution in [0.25, 0.3) is 0 Å². The van der Waals surface area contributed by atoms with Gasteiger partial charge in [0.2, 0.25) is 0 Å². The Bertz CT molecular complexity index is 213. The van der Waals surface area contributed by atoms with Crippen LogP contribution < -0.4 is 5.84 Å². The Hall–Kier alpha value is -0.420. The van der Waals surface area contributed by atoms with Gasteiger partial charge in [-0.1, -0.05) is 33.8 Å². The van der Waals surface area contributed by atoms with Gasteiger partial charge in [-0.15, -0.1) is 0 Å². The average molecular weight is 230 g/mol. The molecular weight excluding hydrogens is 204 g/mol. The third kappa shape index (κ3) is 7.82. The number of hydrogen-bond donors (Lipinski definition) is 3. The average Bonchev–Trinajstić information content (AvgIpc) is 2.09. The maximum atomic E-state index is 9.18. The van der Waals surface area contributed by atoms with E-state index in [0.29, 0.717) is 30.4 Å². The summed E-state index contributed by atoms with van der Waals surface area (Å²) in [4.78, 5) is 0. The lowest BCUT2D eigenvalue weighted by atomic mass is 10.0. The lowest BCUT2D eigenvalue weighted by Crippen LogP contribution is -2.34. The van der Waals surface area contributed by atoms with Crippen LogP contribution in [0.15, 0.2) is 11.6 Å². The monoisotopic (exact) mass is 230 g/mol. The van der Waals surface area contributed by atoms with Gasteiger partial charge in [0.25, 0.3) is 0 Å². The van der Waals surface area contributed by atoms with Crippen molar-refractivity contribution < 1.29 is 10.2 Å². The molecule has 0 heterocycles. The van der Waals surface area contributed by atoms with E-state index in [1.54, 1.807) is 5.01 Å².